The molecule has 1 aliphatic rings. The molecule has 2 aromatic rings. The van der Waals surface area contributed by atoms with Gasteiger partial charge in [0.25, 0.3) is 5.91 Å². The van der Waals surface area contributed by atoms with Gasteiger partial charge in [0.15, 0.2) is 0 Å². The third-order valence-corrected chi connectivity index (χ3v) is 4.45. The van der Waals surface area contributed by atoms with Crippen LogP contribution in [0.3, 0.4) is 0 Å². The number of carboxylic acid groups (broad SMARTS) is 1. The monoisotopic (exact) mass is 431 g/mol. The number of methoxy groups -OCH3 is 2. The zero-order valence-corrected chi connectivity index (χ0v) is 17.0. The van der Waals surface area contributed by atoms with Crippen molar-refractivity contribution in [1.82, 2.24) is 5.32 Å². The molecule has 6 N–H and O–H groups in total. The number of carbonyl (C=O) groups is 2. The summed E-state index contributed by atoms with van der Waals surface area (Å²) in [6.07, 6.45) is 2.05. The van der Waals surface area contributed by atoms with Crippen molar-refractivity contribution in [2.45, 2.75) is 18.9 Å². The topological polar surface area (TPSA) is 166 Å². The first-order valence-corrected chi connectivity index (χ1v) is 9.30. The number of amides is 1. The number of rotatable bonds is 7. The zero-order chi connectivity index (χ0) is 23.1. The molecule has 0 heterocycles. The number of benzene rings is 2. The van der Waals surface area contributed by atoms with E-state index in [9.17, 15) is 9.59 Å². The molecule has 0 unspecified atom stereocenters. The maximum absolute atomic E-state index is 11.8. The summed E-state index contributed by atoms with van der Waals surface area (Å²) < 4.78 is 9.83. The van der Waals surface area contributed by atoms with Crippen molar-refractivity contribution < 1.29 is 44.3 Å². The van der Waals surface area contributed by atoms with Gasteiger partial charge >= 0.3 is 20.2 Å². The highest BCUT2D eigenvalue weighted by molar-refractivity contribution is 6.60. The molecule has 164 valence electrons. The van der Waals surface area contributed by atoms with Crippen LogP contribution in [0.5, 0.6) is 11.5 Å². The number of carboxylic acids is 1. The Hall–Kier alpha value is -3.05. The minimum Gasteiger partial charge on any atom is -0.497 e. The first kappa shape index (κ1) is 24.2. The number of ether oxygens (including phenoxy) is 2. The van der Waals surface area contributed by atoms with Crippen LogP contribution in [0.25, 0.3) is 0 Å². The standard InChI is InChI=1S/C11H14BNO4.C8H9BO5/c1-17-10-6-7(2-5-9(10)12(15)16)11(14)13-8-3-4-8;1-14-7-4-5(8(10)11)2-3-6(7)9(12)13/h2,5-6,8,15-16H,3-4H2,1H3,(H,13,14);2-4,12-13H,1H3,(H,10,11). The predicted molar refractivity (Wildman–Crippen MR) is 113 cm³/mol. The second kappa shape index (κ2) is 10.8. The van der Waals surface area contributed by atoms with Crippen molar-refractivity contribution >= 4 is 37.0 Å². The Kier molecular flexibility index (Phi) is 8.46. The van der Waals surface area contributed by atoms with Crippen LogP contribution < -0.4 is 25.7 Å². The predicted octanol–water partition coefficient (Wildman–Crippen LogP) is -1.66. The summed E-state index contributed by atoms with van der Waals surface area (Å²) in [4.78, 5) is 22.3. The Balaban J connectivity index is 0.000000225. The molecule has 0 saturated heterocycles. The molecule has 0 bridgehead atoms. The van der Waals surface area contributed by atoms with Gasteiger partial charge in [0.05, 0.1) is 19.8 Å². The van der Waals surface area contributed by atoms with Gasteiger partial charge in [-0.25, -0.2) is 4.79 Å². The number of aromatic carboxylic acids is 1. The lowest BCUT2D eigenvalue weighted by Gasteiger charge is -2.10. The average molecular weight is 431 g/mol. The van der Waals surface area contributed by atoms with Crippen LogP contribution in [0.4, 0.5) is 0 Å². The van der Waals surface area contributed by atoms with Crippen molar-refractivity contribution in [3.8, 4) is 11.5 Å². The molecule has 31 heavy (non-hydrogen) atoms. The fourth-order valence-electron chi connectivity index (χ4n) is 2.62. The van der Waals surface area contributed by atoms with Crippen LogP contribution in [-0.4, -0.2) is 71.6 Å². The van der Waals surface area contributed by atoms with Crippen LogP contribution in [-0.2, 0) is 0 Å². The van der Waals surface area contributed by atoms with E-state index in [2.05, 4.69) is 5.32 Å². The van der Waals surface area contributed by atoms with Gasteiger partial charge in [-0.05, 0) is 37.1 Å². The van der Waals surface area contributed by atoms with Gasteiger partial charge in [-0.2, -0.15) is 0 Å². The quantitative estimate of drug-likeness (QED) is 0.282. The van der Waals surface area contributed by atoms with Gasteiger partial charge in [-0.1, -0.05) is 12.1 Å². The summed E-state index contributed by atoms with van der Waals surface area (Å²) in [6.45, 7) is 0. The van der Waals surface area contributed by atoms with Crippen molar-refractivity contribution in [1.29, 1.82) is 0 Å². The van der Waals surface area contributed by atoms with Crippen molar-refractivity contribution in [3.63, 3.8) is 0 Å². The van der Waals surface area contributed by atoms with E-state index in [0.717, 1.165) is 12.8 Å². The first-order valence-electron chi connectivity index (χ1n) is 9.30. The third-order valence-electron chi connectivity index (χ3n) is 4.45. The highest BCUT2D eigenvalue weighted by atomic mass is 16.5. The number of carbonyl (C=O) groups excluding carboxylic acids is 1. The first-order chi connectivity index (χ1) is 14.7. The van der Waals surface area contributed by atoms with E-state index in [1.54, 1.807) is 6.07 Å². The Morgan fingerprint density at radius 1 is 0.871 bits per heavy atom. The van der Waals surface area contributed by atoms with Crippen LogP contribution in [0.1, 0.15) is 33.6 Å². The van der Waals surface area contributed by atoms with Crippen molar-refractivity contribution in [2.24, 2.45) is 0 Å². The number of hydrogen-bond donors (Lipinski definition) is 6. The molecule has 0 atom stereocenters. The van der Waals surface area contributed by atoms with Crippen LogP contribution in [0.2, 0.25) is 0 Å². The number of nitrogens with one attached hydrogen (secondary N) is 1. The van der Waals surface area contributed by atoms with E-state index in [1.807, 2.05) is 0 Å². The minimum atomic E-state index is -1.67. The van der Waals surface area contributed by atoms with E-state index in [4.69, 9.17) is 34.7 Å². The molecule has 0 radical (unpaired) electrons. The molecule has 0 aliphatic heterocycles. The average Bonchev–Trinajstić information content (AvgIpc) is 3.56. The smallest absolute Gasteiger partial charge is 0.492 e. The normalized spacial score (nSPS) is 12.2. The zero-order valence-electron chi connectivity index (χ0n) is 17.0. The molecule has 1 saturated carbocycles. The number of hydrogen-bond acceptors (Lipinski definition) is 8. The maximum atomic E-state index is 11.8. The SMILES string of the molecule is COc1cc(C(=O)NC2CC2)ccc1B(O)O.COc1cc(C(=O)O)ccc1B(O)O. The summed E-state index contributed by atoms with van der Waals surface area (Å²) in [5, 5.41) is 47.5. The highest BCUT2D eigenvalue weighted by Gasteiger charge is 2.25. The fourth-order valence-corrected chi connectivity index (χ4v) is 2.62. The Bertz CT molecular complexity index is 933. The molecule has 12 heteroatoms. The van der Waals surface area contributed by atoms with Gasteiger partial charge in [-0.3, -0.25) is 4.79 Å². The van der Waals surface area contributed by atoms with E-state index in [1.165, 1.54) is 44.6 Å². The molecule has 0 aromatic heterocycles. The summed E-state index contributed by atoms with van der Waals surface area (Å²) in [5.74, 6) is -0.824. The minimum absolute atomic E-state index is 0.0336. The van der Waals surface area contributed by atoms with Crippen molar-refractivity contribution in [2.75, 3.05) is 14.2 Å². The van der Waals surface area contributed by atoms with Gasteiger partial charge in [-0.15, -0.1) is 0 Å². The maximum Gasteiger partial charge on any atom is 0.492 e. The van der Waals surface area contributed by atoms with Crippen molar-refractivity contribution in [3.05, 3.63) is 47.5 Å². The lowest BCUT2D eigenvalue weighted by molar-refractivity contribution is 0.0696. The summed E-state index contributed by atoms with van der Waals surface area (Å²) in [6, 6.07) is 8.63. The van der Waals surface area contributed by atoms with Crippen LogP contribution >= 0.6 is 0 Å². The summed E-state index contributed by atoms with van der Waals surface area (Å²) >= 11 is 0. The molecule has 1 fully saturated rings. The molecule has 3 rings (SSSR count). The largest absolute Gasteiger partial charge is 0.497 e. The van der Waals surface area contributed by atoms with E-state index >= 15 is 0 Å². The Morgan fingerprint density at radius 3 is 1.71 bits per heavy atom. The molecule has 1 amide bonds. The molecular formula is C19H23B2NO9. The molecule has 1 aliphatic carbocycles. The fraction of sp³-hybridized carbons (Fsp3) is 0.263. The second-order valence-electron chi connectivity index (χ2n) is 6.71. The lowest BCUT2D eigenvalue weighted by Crippen LogP contribution is -2.32. The van der Waals surface area contributed by atoms with Crippen LogP contribution in [0.15, 0.2) is 36.4 Å². The summed E-state index contributed by atoms with van der Waals surface area (Å²) in [7, 11) is -0.533. The Labute approximate surface area is 179 Å². The molecule has 2 aromatic carbocycles. The second-order valence-corrected chi connectivity index (χ2v) is 6.71. The molecular weight excluding hydrogens is 408 g/mol. The van der Waals surface area contributed by atoms with E-state index < -0.39 is 20.2 Å². The molecule has 0 spiro atoms. The Morgan fingerprint density at radius 2 is 1.32 bits per heavy atom. The lowest BCUT2D eigenvalue weighted by atomic mass is 9.79. The van der Waals surface area contributed by atoms with E-state index in [0.29, 0.717) is 11.3 Å². The van der Waals surface area contributed by atoms with Gasteiger partial charge < -0.3 is 40.0 Å². The van der Waals surface area contributed by atoms with Gasteiger partial charge in [0.1, 0.15) is 11.5 Å². The van der Waals surface area contributed by atoms with Gasteiger partial charge in [0.2, 0.25) is 0 Å². The van der Waals surface area contributed by atoms with E-state index in [-0.39, 0.29) is 34.2 Å². The third kappa shape index (κ3) is 6.72. The van der Waals surface area contributed by atoms with Gasteiger partial charge in [0, 0.05) is 22.5 Å². The molecule has 10 nitrogen and oxygen atoms in total. The highest BCUT2D eigenvalue weighted by Crippen LogP contribution is 2.20. The summed E-state index contributed by atoms with van der Waals surface area (Å²) in [5.41, 5.74) is 0.873. The van der Waals surface area contributed by atoms with Crippen LogP contribution in [0, 0.1) is 0 Å².